The number of hydrogen-bond donors (Lipinski definition) is 3. The lowest BCUT2D eigenvalue weighted by Crippen LogP contribution is -2.21. The number of amides is 1. The zero-order valence-electron chi connectivity index (χ0n) is 15.9. The summed E-state index contributed by atoms with van der Waals surface area (Å²) in [5, 5.41) is 9.91. The van der Waals surface area contributed by atoms with Gasteiger partial charge in [-0.05, 0) is 50.2 Å². The van der Waals surface area contributed by atoms with Crippen molar-refractivity contribution in [2.45, 2.75) is 13.8 Å². The predicted octanol–water partition coefficient (Wildman–Crippen LogP) is 4.05. The normalized spacial score (nSPS) is 10.9. The number of aromatic amines is 2. The Hall–Kier alpha value is -3.61. The summed E-state index contributed by atoms with van der Waals surface area (Å²) in [7, 11) is 0. The summed E-state index contributed by atoms with van der Waals surface area (Å²) in [5.74, 6) is 0.930. The summed E-state index contributed by atoms with van der Waals surface area (Å²) >= 11 is 0. The molecular weight excluding hydrogens is 352 g/mol. The summed E-state index contributed by atoms with van der Waals surface area (Å²) in [6.45, 7) is 6.09. The first kappa shape index (κ1) is 17.8. The van der Waals surface area contributed by atoms with E-state index in [0.717, 1.165) is 29.8 Å². The highest BCUT2D eigenvalue weighted by Gasteiger charge is 2.12. The zero-order chi connectivity index (χ0) is 19.5. The molecule has 28 heavy (non-hydrogen) atoms. The van der Waals surface area contributed by atoms with Gasteiger partial charge in [0.2, 0.25) is 0 Å². The molecule has 0 atom stereocenters. The van der Waals surface area contributed by atoms with E-state index in [9.17, 15) is 4.79 Å². The smallest absolute Gasteiger partial charge is 0.256 e. The average molecular weight is 374 g/mol. The lowest BCUT2D eigenvalue weighted by atomic mass is 10.2. The minimum absolute atomic E-state index is 0.200. The van der Waals surface area contributed by atoms with Crippen molar-refractivity contribution in [2.75, 3.05) is 23.3 Å². The zero-order valence-corrected chi connectivity index (χ0v) is 15.9. The van der Waals surface area contributed by atoms with Crippen molar-refractivity contribution in [3.63, 3.8) is 0 Å². The van der Waals surface area contributed by atoms with E-state index in [-0.39, 0.29) is 5.91 Å². The summed E-state index contributed by atoms with van der Waals surface area (Å²) in [5.41, 5.74) is 4.23. The third-order valence-corrected chi connectivity index (χ3v) is 4.72. The van der Waals surface area contributed by atoms with Gasteiger partial charge in [0.05, 0.1) is 11.0 Å². The maximum Gasteiger partial charge on any atom is 0.256 e. The van der Waals surface area contributed by atoms with E-state index in [2.05, 4.69) is 44.2 Å². The molecule has 3 N–H and O–H groups in total. The van der Waals surface area contributed by atoms with Crippen LogP contribution in [0.4, 0.5) is 11.5 Å². The van der Waals surface area contributed by atoms with Crippen LogP contribution in [0.2, 0.25) is 0 Å². The molecule has 0 aliphatic carbocycles. The number of anilines is 2. The number of nitrogens with zero attached hydrogens (tertiary/aromatic N) is 3. The van der Waals surface area contributed by atoms with Crippen molar-refractivity contribution in [3.8, 4) is 11.5 Å². The largest absolute Gasteiger partial charge is 0.372 e. The Kier molecular flexibility index (Phi) is 4.80. The number of H-pyrrole nitrogens is 2. The van der Waals surface area contributed by atoms with Crippen LogP contribution in [0, 0.1) is 0 Å². The van der Waals surface area contributed by atoms with E-state index in [1.807, 2.05) is 48.5 Å². The van der Waals surface area contributed by atoms with Crippen LogP contribution in [0.1, 0.15) is 24.2 Å². The molecule has 0 saturated carbocycles. The van der Waals surface area contributed by atoms with Gasteiger partial charge in [-0.1, -0.05) is 12.1 Å². The number of benzene rings is 2. The topological polar surface area (TPSA) is 89.7 Å². The molecule has 142 valence electrons. The van der Waals surface area contributed by atoms with Gasteiger partial charge >= 0.3 is 0 Å². The number of hydrogen-bond acceptors (Lipinski definition) is 4. The maximum atomic E-state index is 12.5. The van der Waals surface area contributed by atoms with Crippen molar-refractivity contribution >= 4 is 28.4 Å². The van der Waals surface area contributed by atoms with Crippen LogP contribution < -0.4 is 10.2 Å². The van der Waals surface area contributed by atoms with Gasteiger partial charge in [0.1, 0.15) is 5.69 Å². The van der Waals surface area contributed by atoms with E-state index < -0.39 is 0 Å². The monoisotopic (exact) mass is 374 g/mol. The second-order valence-corrected chi connectivity index (χ2v) is 6.44. The molecule has 1 amide bonds. The molecule has 0 radical (unpaired) electrons. The fourth-order valence-corrected chi connectivity index (χ4v) is 3.19. The lowest BCUT2D eigenvalue weighted by Gasteiger charge is -2.20. The van der Waals surface area contributed by atoms with E-state index >= 15 is 0 Å². The molecule has 0 saturated heterocycles. The molecule has 0 aliphatic rings. The number of para-hydroxylation sites is 2. The molecule has 2 aromatic carbocycles. The Balaban J connectivity index is 1.48. The van der Waals surface area contributed by atoms with E-state index in [4.69, 9.17) is 0 Å². The standard InChI is InChI=1S/C21H22N6O/c1-3-27(4-2)15-11-9-14(10-12-15)21(28)24-19-13-18(25-26-19)20-22-16-7-5-6-8-17(16)23-20/h5-13H,3-4H2,1-2H3,(H,22,23)(H2,24,25,26,28). The molecule has 7 nitrogen and oxygen atoms in total. The van der Waals surface area contributed by atoms with Crippen LogP contribution >= 0.6 is 0 Å². The molecule has 0 fully saturated rings. The molecule has 4 aromatic rings. The highest BCUT2D eigenvalue weighted by molar-refractivity contribution is 6.04. The maximum absolute atomic E-state index is 12.5. The molecule has 0 aliphatic heterocycles. The molecule has 0 unspecified atom stereocenters. The number of aromatic nitrogens is 4. The van der Waals surface area contributed by atoms with Gasteiger partial charge in [0.25, 0.3) is 5.91 Å². The van der Waals surface area contributed by atoms with Gasteiger partial charge < -0.3 is 15.2 Å². The molecule has 2 heterocycles. The van der Waals surface area contributed by atoms with Crippen LogP contribution in [0.15, 0.2) is 54.6 Å². The Labute approximate surface area is 162 Å². The van der Waals surface area contributed by atoms with E-state index in [1.54, 1.807) is 6.07 Å². The molecule has 0 spiro atoms. The molecule has 2 aromatic heterocycles. The van der Waals surface area contributed by atoms with Gasteiger partial charge in [0, 0.05) is 30.4 Å². The Bertz CT molecular complexity index is 1060. The Morgan fingerprint density at radius 3 is 2.54 bits per heavy atom. The second kappa shape index (κ2) is 7.56. The van der Waals surface area contributed by atoms with Gasteiger partial charge in [-0.2, -0.15) is 5.10 Å². The molecule has 4 rings (SSSR count). The average Bonchev–Trinajstić information content (AvgIpc) is 3.36. The highest BCUT2D eigenvalue weighted by Crippen LogP contribution is 2.21. The van der Waals surface area contributed by atoms with Gasteiger partial charge in [-0.15, -0.1) is 0 Å². The summed E-state index contributed by atoms with van der Waals surface area (Å²) in [4.78, 5) is 22.5. The van der Waals surface area contributed by atoms with Crippen LogP contribution in [0.5, 0.6) is 0 Å². The molecular formula is C21H22N6O. The van der Waals surface area contributed by atoms with Gasteiger partial charge in [-0.25, -0.2) is 4.98 Å². The van der Waals surface area contributed by atoms with Crippen LogP contribution in [-0.2, 0) is 0 Å². The lowest BCUT2D eigenvalue weighted by molar-refractivity contribution is 0.102. The first-order valence-corrected chi connectivity index (χ1v) is 9.34. The number of nitrogens with one attached hydrogen (secondary N) is 3. The number of rotatable bonds is 6. The predicted molar refractivity (Wildman–Crippen MR) is 112 cm³/mol. The number of imidazole rings is 1. The molecule has 0 bridgehead atoms. The highest BCUT2D eigenvalue weighted by atomic mass is 16.1. The number of fused-ring (bicyclic) bond motifs is 1. The second-order valence-electron chi connectivity index (χ2n) is 6.44. The van der Waals surface area contributed by atoms with Crippen molar-refractivity contribution in [1.82, 2.24) is 20.2 Å². The first-order valence-electron chi connectivity index (χ1n) is 9.34. The van der Waals surface area contributed by atoms with Crippen LogP contribution in [-0.4, -0.2) is 39.2 Å². The van der Waals surface area contributed by atoms with Gasteiger partial charge in [-0.3, -0.25) is 9.89 Å². The summed E-state index contributed by atoms with van der Waals surface area (Å²) in [6.07, 6.45) is 0. The fraction of sp³-hybridized carbons (Fsp3) is 0.190. The minimum Gasteiger partial charge on any atom is -0.372 e. The fourth-order valence-electron chi connectivity index (χ4n) is 3.19. The van der Waals surface area contributed by atoms with Crippen LogP contribution in [0.25, 0.3) is 22.6 Å². The van der Waals surface area contributed by atoms with Crippen molar-refractivity contribution in [1.29, 1.82) is 0 Å². The first-order chi connectivity index (χ1) is 13.7. The third-order valence-electron chi connectivity index (χ3n) is 4.72. The third kappa shape index (κ3) is 3.46. The molecule has 7 heteroatoms. The van der Waals surface area contributed by atoms with E-state index in [0.29, 0.717) is 22.9 Å². The SMILES string of the molecule is CCN(CC)c1ccc(C(=O)Nc2cc(-c3nc4ccccc4[nH]3)[nH]n2)cc1. The minimum atomic E-state index is -0.200. The van der Waals surface area contributed by atoms with E-state index in [1.165, 1.54) is 0 Å². The quantitative estimate of drug-likeness (QED) is 0.475. The Morgan fingerprint density at radius 1 is 1.07 bits per heavy atom. The number of carbonyl (C=O) groups is 1. The summed E-state index contributed by atoms with van der Waals surface area (Å²) < 4.78 is 0. The summed E-state index contributed by atoms with van der Waals surface area (Å²) in [6, 6.07) is 17.2. The van der Waals surface area contributed by atoms with Gasteiger partial charge in [0.15, 0.2) is 11.6 Å². The number of carbonyl (C=O) groups excluding carboxylic acids is 1. The van der Waals surface area contributed by atoms with Crippen LogP contribution in [0.3, 0.4) is 0 Å². The van der Waals surface area contributed by atoms with Crippen molar-refractivity contribution in [3.05, 3.63) is 60.2 Å². The van der Waals surface area contributed by atoms with Crippen molar-refractivity contribution in [2.24, 2.45) is 0 Å². The Morgan fingerprint density at radius 2 is 1.82 bits per heavy atom. The van der Waals surface area contributed by atoms with Crippen molar-refractivity contribution < 1.29 is 4.79 Å².